The minimum atomic E-state index is -0.187. The van der Waals surface area contributed by atoms with Crippen molar-refractivity contribution in [3.63, 3.8) is 0 Å². The van der Waals surface area contributed by atoms with E-state index in [-0.39, 0.29) is 5.91 Å². The van der Waals surface area contributed by atoms with Crippen LogP contribution in [0.2, 0.25) is 0 Å². The van der Waals surface area contributed by atoms with E-state index in [1.54, 1.807) is 23.5 Å². The Hall–Kier alpha value is -2.28. The molecule has 130 valence electrons. The van der Waals surface area contributed by atoms with Gasteiger partial charge in [0.25, 0.3) is 5.91 Å². The summed E-state index contributed by atoms with van der Waals surface area (Å²) in [5, 5.41) is 3.95. The average molecular weight is 350 g/mol. The Labute approximate surface area is 145 Å². The predicted molar refractivity (Wildman–Crippen MR) is 93.7 cm³/mol. The van der Waals surface area contributed by atoms with Gasteiger partial charge in [0.2, 0.25) is 5.75 Å². The van der Waals surface area contributed by atoms with E-state index in [0.717, 1.165) is 17.1 Å². The number of nitrogens with zero attached hydrogens (tertiary/aromatic N) is 1. The van der Waals surface area contributed by atoms with Gasteiger partial charge in [0, 0.05) is 23.4 Å². The van der Waals surface area contributed by atoms with Gasteiger partial charge in [-0.15, -0.1) is 11.3 Å². The molecule has 2 aromatic rings. The number of rotatable bonds is 7. The lowest BCUT2D eigenvalue weighted by atomic mass is 10.1. The molecule has 6 nitrogen and oxygen atoms in total. The summed E-state index contributed by atoms with van der Waals surface area (Å²) in [6.45, 7) is 4.51. The van der Waals surface area contributed by atoms with E-state index in [9.17, 15) is 4.79 Å². The molecule has 0 aliphatic heterocycles. The van der Waals surface area contributed by atoms with E-state index in [0.29, 0.717) is 29.4 Å². The molecule has 0 saturated heterocycles. The van der Waals surface area contributed by atoms with Crippen LogP contribution in [0.4, 0.5) is 0 Å². The minimum absolute atomic E-state index is 0.187. The second-order valence-electron chi connectivity index (χ2n) is 5.16. The van der Waals surface area contributed by atoms with E-state index in [1.807, 2.05) is 13.8 Å². The standard InChI is InChI=1S/C17H22N2O4S/c1-10-15(24-11(2)19-10)6-7-18-17(20)12-8-13(21-3)16(23-5)14(9-12)22-4/h8-9H,6-7H2,1-5H3,(H,18,20). The van der Waals surface area contributed by atoms with Crippen LogP contribution in [0.1, 0.15) is 25.9 Å². The number of methoxy groups -OCH3 is 3. The maximum atomic E-state index is 12.4. The Morgan fingerprint density at radius 1 is 1.12 bits per heavy atom. The molecule has 0 unspecified atom stereocenters. The van der Waals surface area contributed by atoms with E-state index in [1.165, 1.54) is 26.2 Å². The molecule has 0 spiro atoms. The fourth-order valence-corrected chi connectivity index (χ4v) is 3.35. The molecule has 1 aromatic carbocycles. The number of benzene rings is 1. The molecule has 0 fully saturated rings. The summed E-state index contributed by atoms with van der Waals surface area (Å²) in [7, 11) is 4.57. The first-order chi connectivity index (χ1) is 11.5. The Morgan fingerprint density at radius 3 is 2.21 bits per heavy atom. The summed E-state index contributed by atoms with van der Waals surface area (Å²) in [6, 6.07) is 3.28. The summed E-state index contributed by atoms with van der Waals surface area (Å²) in [4.78, 5) is 18.0. The summed E-state index contributed by atoms with van der Waals surface area (Å²) in [5.74, 6) is 1.19. The topological polar surface area (TPSA) is 69.7 Å². The quantitative estimate of drug-likeness (QED) is 0.831. The molecule has 0 atom stereocenters. The van der Waals surface area contributed by atoms with Crippen LogP contribution in [0.3, 0.4) is 0 Å². The van der Waals surface area contributed by atoms with E-state index >= 15 is 0 Å². The molecule has 1 N–H and O–H groups in total. The summed E-state index contributed by atoms with van der Waals surface area (Å²) < 4.78 is 15.8. The van der Waals surface area contributed by atoms with Gasteiger partial charge >= 0.3 is 0 Å². The van der Waals surface area contributed by atoms with Crippen LogP contribution in [-0.4, -0.2) is 38.8 Å². The maximum absolute atomic E-state index is 12.4. The highest BCUT2D eigenvalue weighted by Gasteiger charge is 2.17. The van der Waals surface area contributed by atoms with Gasteiger partial charge in [0.15, 0.2) is 11.5 Å². The van der Waals surface area contributed by atoms with E-state index in [4.69, 9.17) is 14.2 Å². The molecule has 0 radical (unpaired) electrons. The second-order valence-corrected chi connectivity index (χ2v) is 6.45. The monoisotopic (exact) mass is 350 g/mol. The highest BCUT2D eigenvalue weighted by Crippen LogP contribution is 2.38. The molecule has 0 aliphatic carbocycles. The van der Waals surface area contributed by atoms with Crippen molar-refractivity contribution in [1.82, 2.24) is 10.3 Å². The highest BCUT2D eigenvalue weighted by atomic mass is 32.1. The van der Waals surface area contributed by atoms with Crippen LogP contribution in [0.5, 0.6) is 17.2 Å². The van der Waals surface area contributed by atoms with Crippen LogP contribution in [0, 0.1) is 13.8 Å². The van der Waals surface area contributed by atoms with Crippen LogP contribution >= 0.6 is 11.3 Å². The third-order valence-electron chi connectivity index (χ3n) is 3.56. The summed E-state index contributed by atoms with van der Waals surface area (Å²) in [5.41, 5.74) is 1.49. The number of ether oxygens (including phenoxy) is 3. The van der Waals surface area contributed by atoms with E-state index in [2.05, 4.69) is 10.3 Å². The fourth-order valence-electron chi connectivity index (χ4n) is 2.41. The lowest BCUT2D eigenvalue weighted by molar-refractivity contribution is 0.0953. The number of nitrogens with one attached hydrogen (secondary N) is 1. The maximum Gasteiger partial charge on any atom is 0.251 e. The number of hydrogen-bond donors (Lipinski definition) is 1. The number of carbonyl (C=O) groups excluding carboxylic acids is 1. The van der Waals surface area contributed by atoms with Crippen molar-refractivity contribution in [1.29, 1.82) is 0 Å². The third kappa shape index (κ3) is 3.97. The van der Waals surface area contributed by atoms with Crippen LogP contribution in [0.25, 0.3) is 0 Å². The Bertz CT molecular complexity index is 702. The lowest BCUT2D eigenvalue weighted by Crippen LogP contribution is -2.25. The number of aromatic nitrogens is 1. The van der Waals surface area contributed by atoms with Crippen molar-refractivity contribution >= 4 is 17.2 Å². The number of thiazole rings is 1. The zero-order chi connectivity index (χ0) is 17.7. The molecule has 7 heteroatoms. The average Bonchev–Trinajstić information content (AvgIpc) is 2.90. The summed E-state index contributed by atoms with van der Waals surface area (Å²) >= 11 is 1.66. The highest BCUT2D eigenvalue weighted by molar-refractivity contribution is 7.11. The first kappa shape index (κ1) is 18.1. The SMILES string of the molecule is COc1cc(C(=O)NCCc2sc(C)nc2C)cc(OC)c1OC. The lowest BCUT2D eigenvalue weighted by Gasteiger charge is -2.14. The van der Waals surface area contributed by atoms with Crippen LogP contribution in [0.15, 0.2) is 12.1 Å². The zero-order valence-corrected chi connectivity index (χ0v) is 15.4. The molecule has 1 aromatic heterocycles. The van der Waals surface area contributed by atoms with Crippen molar-refractivity contribution in [2.24, 2.45) is 0 Å². The van der Waals surface area contributed by atoms with Crippen molar-refractivity contribution in [2.75, 3.05) is 27.9 Å². The molecule has 1 heterocycles. The van der Waals surface area contributed by atoms with Gasteiger partial charge in [-0.25, -0.2) is 4.98 Å². The van der Waals surface area contributed by atoms with Crippen molar-refractivity contribution in [3.05, 3.63) is 33.3 Å². The van der Waals surface area contributed by atoms with Crippen molar-refractivity contribution < 1.29 is 19.0 Å². The Kier molecular flexibility index (Phi) is 6.03. The van der Waals surface area contributed by atoms with Gasteiger partial charge in [-0.1, -0.05) is 0 Å². The van der Waals surface area contributed by atoms with Gasteiger partial charge in [0.1, 0.15) is 0 Å². The normalized spacial score (nSPS) is 10.4. The largest absolute Gasteiger partial charge is 0.493 e. The first-order valence-electron chi connectivity index (χ1n) is 7.51. The third-order valence-corrected chi connectivity index (χ3v) is 4.70. The molecule has 0 bridgehead atoms. The second kappa shape index (κ2) is 8.01. The Balaban J connectivity index is 2.08. The van der Waals surface area contributed by atoms with Gasteiger partial charge in [-0.05, 0) is 26.0 Å². The summed E-state index contributed by atoms with van der Waals surface area (Å²) in [6.07, 6.45) is 0.757. The Morgan fingerprint density at radius 2 is 1.75 bits per heavy atom. The molecule has 24 heavy (non-hydrogen) atoms. The zero-order valence-electron chi connectivity index (χ0n) is 14.6. The van der Waals surface area contributed by atoms with Crippen LogP contribution < -0.4 is 19.5 Å². The van der Waals surface area contributed by atoms with E-state index < -0.39 is 0 Å². The molecule has 2 rings (SSSR count). The van der Waals surface area contributed by atoms with Gasteiger partial charge in [-0.3, -0.25) is 4.79 Å². The van der Waals surface area contributed by atoms with Crippen LogP contribution in [-0.2, 0) is 6.42 Å². The van der Waals surface area contributed by atoms with Gasteiger partial charge < -0.3 is 19.5 Å². The van der Waals surface area contributed by atoms with Gasteiger partial charge in [0.05, 0.1) is 32.0 Å². The molecule has 1 amide bonds. The first-order valence-corrected chi connectivity index (χ1v) is 8.33. The number of aryl methyl sites for hydroxylation is 2. The molecule has 0 aliphatic rings. The molecular weight excluding hydrogens is 328 g/mol. The molecular formula is C17H22N2O4S. The number of hydrogen-bond acceptors (Lipinski definition) is 6. The predicted octanol–water partition coefficient (Wildman–Crippen LogP) is 2.76. The van der Waals surface area contributed by atoms with Gasteiger partial charge in [-0.2, -0.15) is 0 Å². The number of carbonyl (C=O) groups is 1. The smallest absolute Gasteiger partial charge is 0.251 e. The molecule has 0 saturated carbocycles. The fraction of sp³-hybridized carbons (Fsp3) is 0.412. The number of amides is 1. The van der Waals surface area contributed by atoms with Crippen molar-refractivity contribution in [2.45, 2.75) is 20.3 Å². The van der Waals surface area contributed by atoms with Crippen molar-refractivity contribution in [3.8, 4) is 17.2 Å². The minimum Gasteiger partial charge on any atom is -0.493 e.